The van der Waals surface area contributed by atoms with Gasteiger partial charge in [-0.15, -0.1) is 0 Å². The number of piperazine rings is 1. The van der Waals surface area contributed by atoms with E-state index in [2.05, 4.69) is 5.32 Å². The highest BCUT2D eigenvalue weighted by Crippen LogP contribution is 2.32. The lowest BCUT2D eigenvalue weighted by molar-refractivity contribution is 0.0852. The molecule has 1 fully saturated rings. The minimum Gasteiger partial charge on any atom is -0.454 e. The molecule has 0 spiro atoms. The molecular weight excluding hydrogens is 326 g/mol. The van der Waals surface area contributed by atoms with Crippen LogP contribution in [0.15, 0.2) is 18.2 Å². The van der Waals surface area contributed by atoms with Gasteiger partial charge in [0.1, 0.15) is 0 Å². The second-order valence-electron chi connectivity index (χ2n) is 5.84. The molecule has 0 saturated carbocycles. The van der Waals surface area contributed by atoms with E-state index >= 15 is 0 Å². The third-order valence-electron chi connectivity index (χ3n) is 4.22. The quantitative estimate of drug-likeness (QED) is 0.890. The highest BCUT2D eigenvalue weighted by atomic mass is 16.7. The summed E-state index contributed by atoms with van der Waals surface area (Å²) in [6.07, 6.45) is 0.399. The van der Waals surface area contributed by atoms with E-state index in [1.165, 1.54) is 0 Å². The third kappa shape index (κ3) is 4.26. The molecule has 1 aromatic carbocycles. The molecule has 8 heteroatoms. The third-order valence-corrected chi connectivity index (χ3v) is 4.22. The van der Waals surface area contributed by atoms with Crippen LogP contribution in [0.25, 0.3) is 0 Å². The average Bonchev–Trinajstić information content (AvgIpc) is 3.10. The maximum absolute atomic E-state index is 12.2. The Morgan fingerprint density at radius 3 is 2.60 bits per heavy atom. The van der Waals surface area contributed by atoms with E-state index in [9.17, 15) is 9.59 Å². The van der Waals surface area contributed by atoms with Crippen LogP contribution in [0.2, 0.25) is 0 Å². The molecule has 0 radical (unpaired) electrons. The van der Waals surface area contributed by atoms with Crippen molar-refractivity contribution in [2.75, 3.05) is 46.1 Å². The van der Waals surface area contributed by atoms with Crippen LogP contribution in [0.4, 0.5) is 9.59 Å². The summed E-state index contributed by atoms with van der Waals surface area (Å²) >= 11 is 0. The number of benzene rings is 1. The number of hydrogen-bond acceptors (Lipinski definition) is 5. The maximum atomic E-state index is 12.2. The molecule has 2 heterocycles. The Bertz CT molecular complexity index is 629. The largest absolute Gasteiger partial charge is 0.454 e. The number of hydrogen-bond donors (Lipinski definition) is 1. The second kappa shape index (κ2) is 7.96. The van der Waals surface area contributed by atoms with Crippen molar-refractivity contribution in [3.05, 3.63) is 23.8 Å². The number of fused-ring (bicyclic) bond motifs is 1. The van der Waals surface area contributed by atoms with Gasteiger partial charge in [0.2, 0.25) is 6.79 Å². The minimum absolute atomic E-state index is 0.107. The maximum Gasteiger partial charge on any atom is 0.409 e. The Kier molecular flexibility index (Phi) is 5.47. The lowest BCUT2D eigenvalue weighted by Crippen LogP contribution is -2.53. The van der Waals surface area contributed by atoms with Crippen LogP contribution in [-0.2, 0) is 11.2 Å². The fraction of sp³-hybridized carbons (Fsp3) is 0.529. The summed E-state index contributed by atoms with van der Waals surface area (Å²) in [7, 11) is 0. The zero-order valence-electron chi connectivity index (χ0n) is 14.3. The molecule has 0 aliphatic carbocycles. The Morgan fingerprint density at radius 1 is 1.12 bits per heavy atom. The molecule has 1 aromatic rings. The van der Waals surface area contributed by atoms with Crippen molar-refractivity contribution in [1.82, 2.24) is 15.1 Å². The smallest absolute Gasteiger partial charge is 0.409 e. The van der Waals surface area contributed by atoms with E-state index in [4.69, 9.17) is 14.2 Å². The molecule has 25 heavy (non-hydrogen) atoms. The molecule has 1 N–H and O–H groups in total. The van der Waals surface area contributed by atoms with Gasteiger partial charge in [-0.2, -0.15) is 0 Å². The molecule has 2 aliphatic heterocycles. The molecule has 2 aliphatic rings. The number of ether oxygens (including phenoxy) is 3. The lowest BCUT2D eigenvalue weighted by atomic mass is 10.1. The molecule has 0 unspecified atom stereocenters. The highest BCUT2D eigenvalue weighted by molar-refractivity contribution is 5.75. The van der Waals surface area contributed by atoms with E-state index in [-0.39, 0.29) is 18.9 Å². The first kappa shape index (κ1) is 17.2. The normalized spacial score (nSPS) is 15.9. The molecule has 0 bridgehead atoms. The SMILES string of the molecule is CCOC(=O)N1CCN(C(=O)NCCc2ccc3c(c2)OCO3)CC1. The van der Waals surface area contributed by atoms with Gasteiger partial charge in [-0.05, 0) is 31.0 Å². The summed E-state index contributed by atoms with van der Waals surface area (Å²) in [6.45, 7) is 4.94. The number of nitrogens with one attached hydrogen (secondary N) is 1. The number of amides is 3. The minimum atomic E-state index is -0.314. The van der Waals surface area contributed by atoms with Crippen LogP contribution in [0.3, 0.4) is 0 Å². The summed E-state index contributed by atoms with van der Waals surface area (Å²) in [4.78, 5) is 27.2. The van der Waals surface area contributed by atoms with Gasteiger partial charge in [-0.1, -0.05) is 6.07 Å². The monoisotopic (exact) mass is 349 g/mol. The Hall–Kier alpha value is -2.64. The number of urea groups is 1. The molecular formula is C17H23N3O5. The van der Waals surface area contributed by atoms with Crippen molar-refractivity contribution in [2.24, 2.45) is 0 Å². The van der Waals surface area contributed by atoms with Crippen LogP contribution in [0, 0.1) is 0 Å². The molecule has 0 atom stereocenters. The predicted octanol–water partition coefficient (Wildman–Crippen LogP) is 1.44. The van der Waals surface area contributed by atoms with Gasteiger partial charge >= 0.3 is 12.1 Å². The zero-order chi connectivity index (χ0) is 17.6. The Balaban J connectivity index is 1.39. The molecule has 8 nitrogen and oxygen atoms in total. The zero-order valence-corrected chi connectivity index (χ0v) is 14.3. The van der Waals surface area contributed by atoms with Gasteiger partial charge in [0.05, 0.1) is 6.61 Å². The predicted molar refractivity (Wildman–Crippen MR) is 89.8 cm³/mol. The summed E-state index contributed by atoms with van der Waals surface area (Å²) in [5, 5.41) is 2.92. The van der Waals surface area contributed by atoms with Gasteiger partial charge in [0.15, 0.2) is 11.5 Å². The first-order valence-electron chi connectivity index (χ1n) is 8.50. The van der Waals surface area contributed by atoms with Gasteiger partial charge < -0.3 is 29.3 Å². The van der Waals surface area contributed by atoms with Crippen LogP contribution in [-0.4, -0.2) is 68.0 Å². The number of carbonyl (C=O) groups excluding carboxylic acids is 2. The van der Waals surface area contributed by atoms with Gasteiger partial charge in [0.25, 0.3) is 0 Å². The fourth-order valence-corrected chi connectivity index (χ4v) is 2.83. The molecule has 136 valence electrons. The first-order chi connectivity index (χ1) is 12.2. The van der Waals surface area contributed by atoms with Crippen LogP contribution >= 0.6 is 0 Å². The number of rotatable bonds is 4. The summed E-state index contributed by atoms with van der Waals surface area (Å²) in [5.41, 5.74) is 1.08. The van der Waals surface area contributed by atoms with Gasteiger partial charge in [-0.25, -0.2) is 9.59 Å². The van der Waals surface area contributed by atoms with Crippen molar-refractivity contribution in [3.8, 4) is 11.5 Å². The Labute approximate surface area is 146 Å². The fourth-order valence-electron chi connectivity index (χ4n) is 2.83. The summed E-state index contributed by atoms with van der Waals surface area (Å²) in [6, 6.07) is 5.68. The van der Waals surface area contributed by atoms with E-state index < -0.39 is 0 Å². The number of nitrogens with zero attached hydrogens (tertiary/aromatic N) is 2. The second-order valence-corrected chi connectivity index (χ2v) is 5.84. The standard InChI is InChI=1S/C17H23N3O5/c1-2-23-17(22)20-9-7-19(8-10-20)16(21)18-6-5-13-3-4-14-15(11-13)25-12-24-14/h3-4,11H,2,5-10,12H2,1H3,(H,18,21). The first-order valence-corrected chi connectivity index (χ1v) is 8.50. The number of carbonyl (C=O) groups is 2. The lowest BCUT2D eigenvalue weighted by Gasteiger charge is -2.34. The van der Waals surface area contributed by atoms with Crippen molar-refractivity contribution < 1.29 is 23.8 Å². The van der Waals surface area contributed by atoms with E-state index in [1.807, 2.05) is 18.2 Å². The van der Waals surface area contributed by atoms with Crippen molar-refractivity contribution >= 4 is 12.1 Å². The van der Waals surface area contributed by atoms with E-state index in [0.717, 1.165) is 17.1 Å². The highest BCUT2D eigenvalue weighted by Gasteiger charge is 2.24. The molecule has 3 amide bonds. The van der Waals surface area contributed by atoms with Crippen LogP contribution in [0.1, 0.15) is 12.5 Å². The van der Waals surface area contributed by atoms with Crippen LogP contribution in [0.5, 0.6) is 11.5 Å². The summed E-state index contributed by atoms with van der Waals surface area (Å²) in [5.74, 6) is 1.51. The molecule has 1 saturated heterocycles. The molecule has 0 aromatic heterocycles. The van der Waals surface area contributed by atoms with E-state index in [1.54, 1.807) is 16.7 Å². The average molecular weight is 349 g/mol. The Morgan fingerprint density at radius 2 is 1.84 bits per heavy atom. The van der Waals surface area contributed by atoms with Gasteiger partial charge in [-0.3, -0.25) is 0 Å². The summed E-state index contributed by atoms with van der Waals surface area (Å²) < 4.78 is 15.6. The van der Waals surface area contributed by atoms with E-state index in [0.29, 0.717) is 45.8 Å². The van der Waals surface area contributed by atoms with Gasteiger partial charge in [0, 0.05) is 32.7 Å². The van der Waals surface area contributed by atoms with Crippen molar-refractivity contribution in [3.63, 3.8) is 0 Å². The van der Waals surface area contributed by atoms with Crippen LogP contribution < -0.4 is 14.8 Å². The topological polar surface area (TPSA) is 80.3 Å². The van der Waals surface area contributed by atoms with Crippen molar-refractivity contribution in [2.45, 2.75) is 13.3 Å². The van der Waals surface area contributed by atoms with Crippen molar-refractivity contribution in [1.29, 1.82) is 0 Å². The molecule has 3 rings (SSSR count).